The van der Waals surface area contributed by atoms with Crippen LogP contribution in [0, 0.1) is 20.8 Å². The molecule has 4 nitrogen and oxygen atoms in total. The monoisotopic (exact) mass is 244 g/mol. The van der Waals surface area contributed by atoms with Crippen LogP contribution in [0.4, 0.5) is 0 Å². The van der Waals surface area contributed by atoms with Gasteiger partial charge >= 0.3 is 0 Å². The molecule has 96 valence electrons. The van der Waals surface area contributed by atoms with E-state index in [1.807, 2.05) is 18.7 Å². The number of aryl methyl sites for hydroxylation is 4. The molecule has 1 atom stereocenters. The highest BCUT2D eigenvalue weighted by molar-refractivity contribution is 5.37. The highest BCUT2D eigenvalue weighted by Crippen LogP contribution is 2.25. The van der Waals surface area contributed by atoms with Crippen molar-refractivity contribution in [3.8, 4) is 0 Å². The molecule has 0 aliphatic rings. The van der Waals surface area contributed by atoms with E-state index in [-0.39, 0.29) is 6.04 Å². The van der Waals surface area contributed by atoms with Crippen molar-refractivity contribution in [2.24, 2.45) is 12.9 Å². The summed E-state index contributed by atoms with van der Waals surface area (Å²) in [4.78, 5) is 0. The molecule has 0 amide bonds. The molecule has 1 aromatic heterocycles. The molecule has 0 saturated carbocycles. The van der Waals surface area contributed by atoms with Crippen molar-refractivity contribution in [3.05, 3.63) is 52.3 Å². The van der Waals surface area contributed by atoms with Gasteiger partial charge in [-0.05, 0) is 38.0 Å². The van der Waals surface area contributed by atoms with E-state index in [0.717, 1.165) is 11.4 Å². The summed E-state index contributed by atoms with van der Waals surface area (Å²) in [7, 11) is 1.94. The SMILES string of the molecule is Cc1ccc(C)c(C(NN)c2cc(C)nn2C)c1. The molecule has 0 saturated heterocycles. The van der Waals surface area contributed by atoms with Gasteiger partial charge in [0.1, 0.15) is 0 Å². The maximum Gasteiger partial charge on any atom is 0.0880 e. The van der Waals surface area contributed by atoms with Crippen molar-refractivity contribution >= 4 is 0 Å². The molecule has 1 aromatic carbocycles. The first-order valence-electron chi connectivity index (χ1n) is 6.06. The van der Waals surface area contributed by atoms with Crippen molar-refractivity contribution in [3.63, 3.8) is 0 Å². The number of hydrogen-bond acceptors (Lipinski definition) is 3. The summed E-state index contributed by atoms with van der Waals surface area (Å²) in [6.45, 7) is 6.17. The van der Waals surface area contributed by atoms with E-state index in [1.54, 1.807) is 0 Å². The van der Waals surface area contributed by atoms with Crippen molar-refractivity contribution in [1.29, 1.82) is 0 Å². The molecule has 3 N–H and O–H groups in total. The Morgan fingerprint density at radius 1 is 1.22 bits per heavy atom. The lowest BCUT2D eigenvalue weighted by Gasteiger charge is -2.19. The lowest BCUT2D eigenvalue weighted by molar-refractivity contribution is 0.572. The highest BCUT2D eigenvalue weighted by atomic mass is 15.3. The fraction of sp³-hybridized carbons (Fsp3) is 0.357. The van der Waals surface area contributed by atoms with Crippen LogP contribution in [0.25, 0.3) is 0 Å². The molecule has 0 aliphatic carbocycles. The number of hydrazine groups is 1. The van der Waals surface area contributed by atoms with E-state index in [2.05, 4.69) is 48.6 Å². The summed E-state index contributed by atoms with van der Waals surface area (Å²) in [6.07, 6.45) is 0. The van der Waals surface area contributed by atoms with Gasteiger partial charge in [-0.3, -0.25) is 10.5 Å². The number of nitrogens with two attached hydrogens (primary N) is 1. The molecule has 0 aliphatic heterocycles. The minimum Gasteiger partial charge on any atom is -0.271 e. The second-order valence-corrected chi connectivity index (χ2v) is 4.79. The van der Waals surface area contributed by atoms with Crippen LogP contribution >= 0.6 is 0 Å². The summed E-state index contributed by atoms with van der Waals surface area (Å²) in [5, 5.41) is 4.38. The largest absolute Gasteiger partial charge is 0.271 e. The normalized spacial score (nSPS) is 12.7. The highest BCUT2D eigenvalue weighted by Gasteiger charge is 2.18. The quantitative estimate of drug-likeness (QED) is 0.640. The molecule has 0 fully saturated rings. The number of aromatic nitrogens is 2. The summed E-state index contributed by atoms with van der Waals surface area (Å²) in [6, 6.07) is 8.43. The fourth-order valence-electron chi connectivity index (χ4n) is 2.31. The average molecular weight is 244 g/mol. The minimum atomic E-state index is -0.0314. The summed E-state index contributed by atoms with van der Waals surface area (Å²) in [5.74, 6) is 5.74. The van der Waals surface area contributed by atoms with Crippen molar-refractivity contribution in [2.75, 3.05) is 0 Å². The first kappa shape index (κ1) is 12.8. The average Bonchev–Trinajstić information content (AvgIpc) is 2.64. The van der Waals surface area contributed by atoms with Crippen LogP contribution in [-0.4, -0.2) is 9.78 Å². The van der Waals surface area contributed by atoms with Crippen LogP contribution in [0.1, 0.15) is 34.1 Å². The van der Waals surface area contributed by atoms with E-state index in [4.69, 9.17) is 5.84 Å². The Morgan fingerprint density at radius 3 is 2.50 bits per heavy atom. The van der Waals surface area contributed by atoms with Gasteiger partial charge in [0, 0.05) is 7.05 Å². The lowest BCUT2D eigenvalue weighted by atomic mass is 9.97. The number of nitrogens with one attached hydrogen (secondary N) is 1. The second kappa shape index (κ2) is 4.92. The molecular weight excluding hydrogens is 224 g/mol. The molecule has 18 heavy (non-hydrogen) atoms. The van der Waals surface area contributed by atoms with E-state index < -0.39 is 0 Å². The number of hydrogen-bond donors (Lipinski definition) is 2. The number of benzene rings is 1. The van der Waals surface area contributed by atoms with Gasteiger partial charge < -0.3 is 0 Å². The topological polar surface area (TPSA) is 55.9 Å². The summed E-state index contributed by atoms with van der Waals surface area (Å²) in [5.41, 5.74) is 8.62. The second-order valence-electron chi connectivity index (χ2n) is 4.79. The van der Waals surface area contributed by atoms with Gasteiger partial charge in [0.15, 0.2) is 0 Å². The van der Waals surface area contributed by atoms with Gasteiger partial charge in [-0.2, -0.15) is 5.10 Å². The Labute approximate surface area is 108 Å². The van der Waals surface area contributed by atoms with Crippen molar-refractivity contribution < 1.29 is 0 Å². The number of rotatable bonds is 3. The molecule has 1 unspecified atom stereocenters. The van der Waals surface area contributed by atoms with E-state index >= 15 is 0 Å². The minimum absolute atomic E-state index is 0.0314. The van der Waals surface area contributed by atoms with Gasteiger partial charge in [-0.25, -0.2) is 5.43 Å². The van der Waals surface area contributed by atoms with Gasteiger partial charge in [0.25, 0.3) is 0 Å². The van der Waals surface area contributed by atoms with Crippen LogP contribution < -0.4 is 11.3 Å². The molecule has 2 rings (SSSR count). The van der Waals surface area contributed by atoms with Gasteiger partial charge in [-0.15, -0.1) is 0 Å². The third-order valence-corrected chi connectivity index (χ3v) is 3.25. The molecule has 2 aromatic rings. The van der Waals surface area contributed by atoms with Crippen LogP contribution in [-0.2, 0) is 7.05 Å². The van der Waals surface area contributed by atoms with Gasteiger partial charge in [0.05, 0.1) is 17.4 Å². The van der Waals surface area contributed by atoms with Crippen molar-refractivity contribution in [2.45, 2.75) is 26.8 Å². The Morgan fingerprint density at radius 2 is 1.94 bits per heavy atom. The summed E-state index contributed by atoms with van der Waals surface area (Å²) >= 11 is 0. The predicted octanol–water partition coefficient (Wildman–Crippen LogP) is 1.90. The van der Waals surface area contributed by atoms with E-state index in [0.29, 0.717) is 0 Å². The third kappa shape index (κ3) is 2.30. The lowest BCUT2D eigenvalue weighted by Crippen LogP contribution is -2.31. The molecule has 4 heteroatoms. The Kier molecular flexibility index (Phi) is 3.50. The van der Waals surface area contributed by atoms with Gasteiger partial charge in [0.2, 0.25) is 0 Å². The Hall–Kier alpha value is -1.65. The molecule has 0 spiro atoms. The smallest absolute Gasteiger partial charge is 0.0880 e. The third-order valence-electron chi connectivity index (χ3n) is 3.25. The van der Waals surface area contributed by atoms with Crippen LogP contribution in [0.3, 0.4) is 0 Å². The summed E-state index contributed by atoms with van der Waals surface area (Å²) < 4.78 is 1.88. The zero-order valence-corrected chi connectivity index (χ0v) is 11.4. The van der Waals surface area contributed by atoms with Crippen molar-refractivity contribution in [1.82, 2.24) is 15.2 Å². The molecule has 0 radical (unpaired) electrons. The molecular formula is C14H20N4. The Bertz CT molecular complexity index is 557. The maximum atomic E-state index is 5.74. The molecule has 0 bridgehead atoms. The first-order chi connectivity index (χ1) is 8.52. The molecule has 1 heterocycles. The van der Waals surface area contributed by atoms with E-state index in [1.165, 1.54) is 16.7 Å². The number of nitrogens with zero attached hydrogens (tertiary/aromatic N) is 2. The zero-order chi connectivity index (χ0) is 13.3. The van der Waals surface area contributed by atoms with Crippen LogP contribution in [0.15, 0.2) is 24.3 Å². The van der Waals surface area contributed by atoms with Gasteiger partial charge in [-0.1, -0.05) is 23.8 Å². The standard InChI is InChI=1S/C14H20N4/c1-9-5-6-10(2)12(7-9)14(16-15)13-8-11(3)17-18(13)4/h5-8,14,16H,15H2,1-4H3. The Balaban J connectivity index is 2.51. The predicted molar refractivity (Wildman–Crippen MR) is 73.0 cm³/mol. The van der Waals surface area contributed by atoms with Crippen LogP contribution in [0.5, 0.6) is 0 Å². The van der Waals surface area contributed by atoms with Crippen LogP contribution in [0.2, 0.25) is 0 Å². The zero-order valence-electron chi connectivity index (χ0n) is 11.4. The van der Waals surface area contributed by atoms with E-state index in [9.17, 15) is 0 Å². The first-order valence-corrected chi connectivity index (χ1v) is 6.06. The fourth-order valence-corrected chi connectivity index (χ4v) is 2.31. The maximum absolute atomic E-state index is 5.74.